The first-order chi connectivity index (χ1) is 16.0. The van der Waals surface area contributed by atoms with Crippen molar-refractivity contribution in [3.05, 3.63) is 77.6 Å². The fraction of sp³-hybridized carbons (Fsp3) is 0.167. The third-order valence-electron chi connectivity index (χ3n) is 5.07. The van der Waals surface area contributed by atoms with Gasteiger partial charge >= 0.3 is 0 Å². The van der Waals surface area contributed by atoms with Gasteiger partial charge in [-0.3, -0.25) is 13.9 Å². The molecule has 3 aromatic rings. The highest BCUT2D eigenvalue weighted by Gasteiger charge is 2.25. The van der Waals surface area contributed by atoms with Gasteiger partial charge in [-0.2, -0.15) is 0 Å². The number of para-hydroxylation sites is 2. The zero-order valence-corrected chi connectivity index (χ0v) is 19.9. The summed E-state index contributed by atoms with van der Waals surface area (Å²) in [4.78, 5) is 24.1. The van der Waals surface area contributed by atoms with E-state index in [4.69, 9.17) is 4.74 Å². The lowest BCUT2D eigenvalue weighted by Gasteiger charge is -2.22. The van der Waals surface area contributed by atoms with Crippen LogP contribution in [-0.2, 0) is 14.8 Å². The van der Waals surface area contributed by atoms with Gasteiger partial charge in [-0.15, -0.1) is 0 Å². The highest BCUT2D eigenvalue weighted by Crippen LogP contribution is 2.31. The van der Waals surface area contributed by atoms with Crippen molar-refractivity contribution in [2.24, 2.45) is 0 Å². The molecule has 0 fully saturated rings. The second kappa shape index (κ2) is 9.92. The van der Waals surface area contributed by atoms with Crippen LogP contribution in [0, 0.1) is 12.7 Å². The highest BCUT2D eigenvalue weighted by molar-refractivity contribution is 7.92. The van der Waals surface area contributed by atoms with E-state index in [1.165, 1.54) is 51.4 Å². The van der Waals surface area contributed by atoms with Gasteiger partial charge in [0.1, 0.15) is 11.6 Å². The number of benzene rings is 3. The number of hydrogen-bond acceptors (Lipinski definition) is 5. The number of carbonyl (C=O) groups excluding carboxylic acids is 2. The molecule has 0 heterocycles. The second-order valence-electron chi connectivity index (χ2n) is 7.45. The molecule has 3 aromatic carbocycles. The van der Waals surface area contributed by atoms with Gasteiger partial charge in [0, 0.05) is 25.2 Å². The Morgan fingerprint density at radius 1 is 1.00 bits per heavy atom. The Balaban J connectivity index is 1.93. The van der Waals surface area contributed by atoms with Gasteiger partial charge < -0.3 is 15.4 Å². The Morgan fingerprint density at radius 2 is 1.71 bits per heavy atom. The fourth-order valence-corrected chi connectivity index (χ4v) is 4.50. The Hall–Kier alpha value is -3.92. The normalized spacial score (nSPS) is 11.0. The lowest BCUT2D eigenvalue weighted by Crippen LogP contribution is -2.27. The molecule has 2 amide bonds. The van der Waals surface area contributed by atoms with Crippen LogP contribution in [-0.4, -0.2) is 34.4 Å². The zero-order valence-electron chi connectivity index (χ0n) is 19.0. The maximum absolute atomic E-state index is 13.9. The molecule has 2 N–H and O–H groups in total. The van der Waals surface area contributed by atoms with Gasteiger partial charge in [0.15, 0.2) is 0 Å². The Bertz CT molecular complexity index is 1360. The maximum Gasteiger partial charge on any atom is 0.264 e. The summed E-state index contributed by atoms with van der Waals surface area (Å²) in [7, 11) is -1.18. The summed E-state index contributed by atoms with van der Waals surface area (Å²) in [5.41, 5.74) is 1.15. The molecule has 0 aliphatic carbocycles. The topological polar surface area (TPSA) is 105 Å². The molecule has 0 aliphatic rings. The summed E-state index contributed by atoms with van der Waals surface area (Å²) in [6.45, 7) is 2.91. The number of rotatable bonds is 7. The number of carbonyl (C=O) groups is 2. The van der Waals surface area contributed by atoms with Crippen molar-refractivity contribution in [2.75, 3.05) is 29.1 Å². The smallest absolute Gasteiger partial charge is 0.264 e. The molecule has 0 spiro atoms. The van der Waals surface area contributed by atoms with Gasteiger partial charge in [-0.05, 0) is 55.0 Å². The van der Waals surface area contributed by atoms with Gasteiger partial charge in [0.25, 0.3) is 15.9 Å². The number of amides is 2. The van der Waals surface area contributed by atoms with Crippen molar-refractivity contribution in [1.82, 2.24) is 0 Å². The summed E-state index contributed by atoms with van der Waals surface area (Å²) in [6, 6.07) is 14.6. The quantitative estimate of drug-likeness (QED) is 0.523. The number of ether oxygens (including phenoxy) is 1. The molecule has 3 rings (SSSR count). The number of halogens is 1. The minimum absolute atomic E-state index is 0.0863. The molecule has 0 bridgehead atoms. The molecule has 178 valence electrons. The first-order valence-electron chi connectivity index (χ1n) is 10.2. The second-order valence-corrected chi connectivity index (χ2v) is 9.42. The van der Waals surface area contributed by atoms with E-state index in [2.05, 4.69) is 10.6 Å². The predicted octanol–water partition coefficient (Wildman–Crippen LogP) is 4.18. The molecule has 0 saturated heterocycles. The lowest BCUT2D eigenvalue weighted by molar-refractivity contribution is -0.114. The Kier molecular flexibility index (Phi) is 7.21. The van der Waals surface area contributed by atoms with Crippen LogP contribution in [0.2, 0.25) is 0 Å². The number of methoxy groups -OCH3 is 1. The van der Waals surface area contributed by atoms with Crippen molar-refractivity contribution in [2.45, 2.75) is 18.7 Å². The van der Waals surface area contributed by atoms with Crippen LogP contribution in [0.25, 0.3) is 0 Å². The van der Waals surface area contributed by atoms with Crippen molar-refractivity contribution < 1.29 is 27.1 Å². The third kappa shape index (κ3) is 5.18. The summed E-state index contributed by atoms with van der Waals surface area (Å²) < 4.78 is 46.8. The zero-order chi connectivity index (χ0) is 25.0. The van der Waals surface area contributed by atoms with Crippen LogP contribution < -0.4 is 19.7 Å². The first kappa shape index (κ1) is 24.7. The average molecular weight is 486 g/mol. The molecule has 0 radical (unpaired) electrons. The van der Waals surface area contributed by atoms with Crippen molar-refractivity contribution >= 4 is 38.9 Å². The van der Waals surface area contributed by atoms with Gasteiger partial charge in [0.05, 0.1) is 23.4 Å². The van der Waals surface area contributed by atoms with E-state index in [0.717, 1.165) is 10.4 Å². The van der Waals surface area contributed by atoms with E-state index in [9.17, 15) is 22.4 Å². The largest absolute Gasteiger partial charge is 0.495 e. The number of sulfonamides is 1. The van der Waals surface area contributed by atoms with E-state index in [0.29, 0.717) is 17.0 Å². The minimum Gasteiger partial charge on any atom is -0.495 e. The van der Waals surface area contributed by atoms with E-state index in [1.807, 2.05) is 0 Å². The standard InChI is InChI=1S/C24H24FN3O5S/c1-15-9-11-18(34(31,32)28(3)22-7-5-6-8-23(22)33-4)14-19(15)24(30)27-17-10-12-20(25)21(13-17)26-16(2)29/h5-14H,1-4H3,(H,26,29)(H,27,30). The van der Waals surface area contributed by atoms with Crippen molar-refractivity contribution in [3.63, 3.8) is 0 Å². The van der Waals surface area contributed by atoms with Gasteiger partial charge in [-0.1, -0.05) is 18.2 Å². The molecule has 8 nitrogen and oxygen atoms in total. The Labute approximate surface area is 197 Å². The monoisotopic (exact) mass is 485 g/mol. The van der Waals surface area contributed by atoms with Crippen LogP contribution >= 0.6 is 0 Å². The van der Waals surface area contributed by atoms with Gasteiger partial charge in [0.2, 0.25) is 5.91 Å². The molecule has 0 unspecified atom stereocenters. The van der Waals surface area contributed by atoms with Crippen LogP contribution in [0.15, 0.2) is 65.6 Å². The van der Waals surface area contributed by atoms with E-state index >= 15 is 0 Å². The Morgan fingerprint density at radius 3 is 2.38 bits per heavy atom. The van der Waals surface area contributed by atoms with Crippen LogP contribution in [0.3, 0.4) is 0 Å². The molecule has 0 atom stereocenters. The highest BCUT2D eigenvalue weighted by atomic mass is 32.2. The minimum atomic E-state index is -4.02. The number of aryl methyl sites for hydroxylation is 1. The predicted molar refractivity (Wildman–Crippen MR) is 128 cm³/mol. The number of nitrogens with one attached hydrogen (secondary N) is 2. The van der Waals surface area contributed by atoms with Crippen molar-refractivity contribution in [3.8, 4) is 5.75 Å². The summed E-state index contributed by atoms with van der Waals surface area (Å²) in [5, 5.41) is 4.96. The van der Waals surface area contributed by atoms with E-state index < -0.39 is 27.7 Å². The van der Waals surface area contributed by atoms with Crippen LogP contribution in [0.5, 0.6) is 5.75 Å². The molecule has 10 heteroatoms. The van der Waals surface area contributed by atoms with Crippen molar-refractivity contribution in [1.29, 1.82) is 0 Å². The van der Waals surface area contributed by atoms with Gasteiger partial charge in [-0.25, -0.2) is 12.8 Å². The fourth-order valence-electron chi connectivity index (χ4n) is 3.27. The molecule has 0 aliphatic heterocycles. The maximum atomic E-state index is 13.9. The van der Waals surface area contributed by atoms with Crippen LogP contribution in [0.1, 0.15) is 22.8 Å². The molecule has 0 saturated carbocycles. The molecular formula is C24H24FN3O5S. The van der Waals surface area contributed by atoms with E-state index in [-0.39, 0.29) is 21.8 Å². The number of hydrogen-bond donors (Lipinski definition) is 2. The summed E-state index contributed by atoms with van der Waals surface area (Å²) in [5.74, 6) is -1.33. The molecular weight excluding hydrogens is 461 g/mol. The SMILES string of the molecule is COc1ccccc1N(C)S(=O)(=O)c1ccc(C)c(C(=O)Nc2ccc(F)c(NC(C)=O)c2)c1. The molecule has 34 heavy (non-hydrogen) atoms. The average Bonchev–Trinajstić information content (AvgIpc) is 2.80. The number of nitrogens with zero attached hydrogens (tertiary/aromatic N) is 1. The number of anilines is 3. The molecule has 0 aromatic heterocycles. The van der Waals surface area contributed by atoms with Crippen LogP contribution in [0.4, 0.5) is 21.5 Å². The van der Waals surface area contributed by atoms with E-state index in [1.54, 1.807) is 31.2 Å². The third-order valence-corrected chi connectivity index (χ3v) is 6.84. The summed E-state index contributed by atoms with van der Waals surface area (Å²) in [6.07, 6.45) is 0. The summed E-state index contributed by atoms with van der Waals surface area (Å²) >= 11 is 0. The lowest BCUT2D eigenvalue weighted by atomic mass is 10.1. The first-order valence-corrected chi connectivity index (χ1v) is 11.6.